The Bertz CT molecular complexity index is 689. The van der Waals surface area contributed by atoms with Crippen LogP contribution in [0.5, 0.6) is 11.6 Å². The number of ether oxygens (including phenoxy) is 1. The zero-order valence-electron chi connectivity index (χ0n) is 9.82. The Balaban J connectivity index is 2.41. The topological polar surface area (TPSA) is 103 Å². The van der Waals surface area contributed by atoms with Crippen LogP contribution in [0, 0.1) is 10.1 Å². The van der Waals surface area contributed by atoms with Crippen molar-refractivity contribution in [1.82, 2.24) is 4.98 Å². The minimum atomic E-state index is -1.36. The van der Waals surface area contributed by atoms with Gasteiger partial charge in [0.25, 0.3) is 5.69 Å². The maximum absolute atomic E-state index is 11.1. The Morgan fingerprint density at radius 1 is 1.40 bits per heavy atom. The zero-order valence-corrected chi connectivity index (χ0v) is 11.4. The van der Waals surface area contributed by atoms with E-state index in [-0.39, 0.29) is 11.4 Å². The summed E-state index contributed by atoms with van der Waals surface area (Å²) in [4.78, 5) is 24.7. The highest BCUT2D eigenvalue weighted by Crippen LogP contribution is 2.27. The predicted octanol–water partition coefficient (Wildman–Crippen LogP) is 3.24. The molecule has 0 unspecified atom stereocenters. The van der Waals surface area contributed by atoms with Crippen molar-refractivity contribution in [2.45, 2.75) is 0 Å². The predicted molar refractivity (Wildman–Crippen MR) is 72.1 cm³/mol. The highest BCUT2D eigenvalue weighted by Gasteiger charge is 2.19. The maximum atomic E-state index is 11.1. The minimum Gasteiger partial charge on any atom is -0.477 e. The third-order valence-electron chi connectivity index (χ3n) is 2.29. The lowest BCUT2D eigenvalue weighted by molar-refractivity contribution is -0.385. The van der Waals surface area contributed by atoms with Crippen LogP contribution in [0.15, 0.2) is 41.0 Å². The molecule has 0 spiro atoms. The second-order valence-corrected chi connectivity index (χ2v) is 4.58. The monoisotopic (exact) mass is 338 g/mol. The third-order valence-corrected chi connectivity index (χ3v) is 2.78. The van der Waals surface area contributed by atoms with E-state index in [0.717, 1.165) is 16.7 Å². The molecule has 0 aliphatic heterocycles. The number of nitrogens with zero attached hydrogens (tertiary/aromatic N) is 2. The molecule has 2 rings (SSSR count). The average molecular weight is 339 g/mol. The zero-order chi connectivity index (χ0) is 14.7. The van der Waals surface area contributed by atoms with Crippen molar-refractivity contribution in [3.05, 3.63) is 56.7 Å². The summed E-state index contributed by atoms with van der Waals surface area (Å²) in [5.41, 5.74) is -0.789. The SMILES string of the molecule is O=C(O)c1cc([N+](=O)[O-])cnc1Oc1cccc(Br)c1. The summed E-state index contributed by atoms with van der Waals surface area (Å²) in [6.07, 6.45) is 0.944. The summed E-state index contributed by atoms with van der Waals surface area (Å²) < 4.78 is 6.09. The number of hydrogen-bond donors (Lipinski definition) is 1. The van der Waals surface area contributed by atoms with Crippen LogP contribution in [0.25, 0.3) is 0 Å². The fraction of sp³-hybridized carbons (Fsp3) is 0. The summed E-state index contributed by atoms with van der Waals surface area (Å²) in [7, 11) is 0. The van der Waals surface area contributed by atoms with E-state index in [1.807, 2.05) is 0 Å². The first kappa shape index (κ1) is 13.9. The first-order chi connectivity index (χ1) is 9.47. The molecule has 20 heavy (non-hydrogen) atoms. The van der Waals surface area contributed by atoms with E-state index in [2.05, 4.69) is 20.9 Å². The fourth-order valence-electron chi connectivity index (χ4n) is 1.42. The first-order valence-electron chi connectivity index (χ1n) is 5.28. The van der Waals surface area contributed by atoms with Crippen molar-refractivity contribution in [2.24, 2.45) is 0 Å². The first-order valence-corrected chi connectivity index (χ1v) is 6.08. The number of carboxylic acid groups (broad SMARTS) is 1. The summed E-state index contributed by atoms with van der Waals surface area (Å²) in [6, 6.07) is 7.61. The van der Waals surface area contributed by atoms with E-state index in [1.54, 1.807) is 24.3 Å². The molecule has 0 saturated carbocycles. The highest BCUT2D eigenvalue weighted by atomic mass is 79.9. The van der Waals surface area contributed by atoms with Crippen LogP contribution >= 0.6 is 15.9 Å². The molecule has 0 aliphatic carbocycles. The van der Waals surface area contributed by atoms with Crippen LogP contribution in [-0.2, 0) is 0 Å². The van der Waals surface area contributed by atoms with Gasteiger partial charge in [0, 0.05) is 10.5 Å². The Labute approximate surface area is 121 Å². The molecule has 1 aromatic heterocycles. The Morgan fingerprint density at radius 3 is 2.75 bits per heavy atom. The van der Waals surface area contributed by atoms with Crippen molar-refractivity contribution >= 4 is 27.6 Å². The number of nitro groups is 1. The lowest BCUT2D eigenvalue weighted by atomic mass is 10.2. The van der Waals surface area contributed by atoms with Crippen LogP contribution in [0.4, 0.5) is 5.69 Å². The number of aromatic carboxylic acids is 1. The Morgan fingerprint density at radius 2 is 2.15 bits per heavy atom. The summed E-state index contributed by atoms with van der Waals surface area (Å²) in [6.45, 7) is 0. The summed E-state index contributed by atoms with van der Waals surface area (Å²) >= 11 is 3.25. The molecule has 0 saturated heterocycles. The van der Waals surface area contributed by atoms with Gasteiger partial charge < -0.3 is 9.84 Å². The maximum Gasteiger partial charge on any atom is 0.341 e. The van der Waals surface area contributed by atoms with E-state index >= 15 is 0 Å². The normalized spacial score (nSPS) is 10.1. The van der Waals surface area contributed by atoms with Gasteiger partial charge in [0.05, 0.1) is 4.92 Å². The number of carbonyl (C=O) groups is 1. The largest absolute Gasteiger partial charge is 0.477 e. The third kappa shape index (κ3) is 3.09. The number of hydrogen-bond acceptors (Lipinski definition) is 5. The smallest absolute Gasteiger partial charge is 0.341 e. The van der Waals surface area contributed by atoms with Crippen LogP contribution in [0.3, 0.4) is 0 Å². The number of pyridine rings is 1. The number of benzene rings is 1. The number of carboxylic acids is 1. The molecular weight excluding hydrogens is 332 g/mol. The molecule has 1 aromatic carbocycles. The molecule has 0 radical (unpaired) electrons. The summed E-state index contributed by atoms with van der Waals surface area (Å²) in [5.74, 6) is -1.20. The second-order valence-electron chi connectivity index (χ2n) is 3.67. The molecule has 2 aromatic rings. The quantitative estimate of drug-likeness (QED) is 0.678. The lowest BCUT2D eigenvalue weighted by Crippen LogP contribution is -2.03. The van der Waals surface area contributed by atoms with Crippen molar-refractivity contribution in [2.75, 3.05) is 0 Å². The van der Waals surface area contributed by atoms with Gasteiger partial charge in [-0.25, -0.2) is 9.78 Å². The van der Waals surface area contributed by atoms with Crippen LogP contribution < -0.4 is 4.74 Å². The molecule has 1 heterocycles. The van der Waals surface area contributed by atoms with E-state index in [4.69, 9.17) is 9.84 Å². The summed E-state index contributed by atoms with van der Waals surface area (Å²) in [5, 5.41) is 19.7. The molecule has 8 heteroatoms. The standard InChI is InChI=1S/C12H7BrN2O5/c13-7-2-1-3-9(4-7)20-11-10(12(16)17)5-8(6-14-11)15(18)19/h1-6H,(H,16,17). The van der Waals surface area contributed by atoms with Gasteiger partial charge in [-0.05, 0) is 18.2 Å². The molecule has 0 bridgehead atoms. The van der Waals surface area contributed by atoms with Gasteiger partial charge in [0.2, 0.25) is 5.88 Å². The molecule has 0 atom stereocenters. The Hall–Kier alpha value is -2.48. The fourth-order valence-corrected chi connectivity index (χ4v) is 1.80. The van der Waals surface area contributed by atoms with Gasteiger partial charge >= 0.3 is 5.97 Å². The molecular formula is C12H7BrN2O5. The molecule has 0 fully saturated rings. The van der Waals surface area contributed by atoms with Crippen molar-refractivity contribution in [3.63, 3.8) is 0 Å². The van der Waals surface area contributed by atoms with Crippen LogP contribution in [0.1, 0.15) is 10.4 Å². The van der Waals surface area contributed by atoms with Gasteiger partial charge in [-0.3, -0.25) is 10.1 Å². The van der Waals surface area contributed by atoms with Crippen LogP contribution in [-0.4, -0.2) is 21.0 Å². The minimum absolute atomic E-state index is 0.207. The second kappa shape index (κ2) is 5.66. The number of aromatic nitrogens is 1. The van der Waals surface area contributed by atoms with Crippen molar-refractivity contribution in [3.8, 4) is 11.6 Å². The number of halogens is 1. The average Bonchev–Trinajstić information content (AvgIpc) is 2.38. The van der Waals surface area contributed by atoms with Crippen molar-refractivity contribution in [1.29, 1.82) is 0 Å². The van der Waals surface area contributed by atoms with Gasteiger partial charge in [-0.1, -0.05) is 22.0 Å². The van der Waals surface area contributed by atoms with Crippen LogP contribution in [0.2, 0.25) is 0 Å². The van der Waals surface area contributed by atoms with Gasteiger partial charge in [-0.2, -0.15) is 0 Å². The lowest BCUT2D eigenvalue weighted by Gasteiger charge is -2.07. The van der Waals surface area contributed by atoms with E-state index in [1.165, 1.54) is 0 Å². The molecule has 1 N–H and O–H groups in total. The van der Waals surface area contributed by atoms with E-state index < -0.39 is 16.6 Å². The van der Waals surface area contributed by atoms with Gasteiger partial charge in [0.1, 0.15) is 17.5 Å². The van der Waals surface area contributed by atoms with E-state index in [9.17, 15) is 14.9 Å². The molecule has 7 nitrogen and oxygen atoms in total. The highest BCUT2D eigenvalue weighted by molar-refractivity contribution is 9.10. The molecule has 0 amide bonds. The van der Waals surface area contributed by atoms with Crippen molar-refractivity contribution < 1.29 is 19.6 Å². The van der Waals surface area contributed by atoms with Gasteiger partial charge in [-0.15, -0.1) is 0 Å². The van der Waals surface area contributed by atoms with Gasteiger partial charge in [0.15, 0.2) is 0 Å². The van der Waals surface area contributed by atoms with E-state index in [0.29, 0.717) is 5.75 Å². The number of rotatable bonds is 4. The molecule has 0 aliphatic rings. The molecule has 102 valence electrons. The Kier molecular flexibility index (Phi) is 3.94.